The third-order valence-electron chi connectivity index (χ3n) is 2.27. The third-order valence-corrected chi connectivity index (χ3v) is 3.01. The summed E-state index contributed by atoms with van der Waals surface area (Å²) in [5.41, 5.74) is 2.35. The summed E-state index contributed by atoms with van der Waals surface area (Å²) in [6.45, 7) is 3.72. The van der Waals surface area contributed by atoms with Crippen molar-refractivity contribution in [3.63, 3.8) is 0 Å². The lowest BCUT2D eigenvalue weighted by atomic mass is 9.95. The molecule has 0 bridgehead atoms. The summed E-state index contributed by atoms with van der Waals surface area (Å²) in [5.74, 6) is 0.00690. The van der Waals surface area contributed by atoms with Crippen LogP contribution in [0.5, 0.6) is 0 Å². The normalized spacial score (nSPS) is 12.9. The predicted octanol–water partition coefficient (Wildman–Crippen LogP) is 4.08. The first-order valence-electron chi connectivity index (χ1n) is 4.54. The molecule has 1 unspecified atom stereocenters. The average Bonchev–Trinajstić information content (AvgIpc) is 2.16. The van der Waals surface area contributed by atoms with Crippen LogP contribution in [0, 0.1) is 0 Å². The summed E-state index contributed by atoms with van der Waals surface area (Å²) in [6.07, 6.45) is 0.946. The first kappa shape index (κ1) is 10.7. The molecule has 0 aliphatic carbocycles. The van der Waals surface area contributed by atoms with Gasteiger partial charge >= 0.3 is 0 Å². The highest BCUT2D eigenvalue weighted by molar-refractivity contribution is 9.10. The maximum atomic E-state index is 12.5. The average molecular weight is 245 g/mol. The predicted molar refractivity (Wildman–Crippen MR) is 57.9 cm³/mol. The Bertz CT molecular complexity index is 283. The second-order valence-corrected chi connectivity index (χ2v) is 4.07. The van der Waals surface area contributed by atoms with Crippen molar-refractivity contribution < 1.29 is 4.39 Å². The van der Waals surface area contributed by atoms with Crippen molar-refractivity contribution in [2.75, 3.05) is 6.67 Å². The number of alkyl halides is 1. The highest BCUT2D eigenvalue weighted by Gasteiger charge is 2.10. The molecule has 0 aliphatic heterocycles. The van der Waals surface area contributed by atoms with Gasteiger partial charge in [0.1, 0.15) is 0 Å². The minimum Gasteiger partial charge on any atom is -0.250 e. The summed E-state index contributed by atoms with van der Waals surface area (Å²) in [5, 5.41) is 0. The number of rotatable bonds is 3. The molecule has 0 amide bonds. The van der Waals surface area contributed by atoms with Gasteiger partial charge in [0.05, 0.1) is 6.67 Å². The van der Waals surface area contributed by atoms with Gasteiger partial charge in [-0.05, 0) is 23.6 Å². The Balaban J connectivity index is 3.12. The summed E-state index contributed by atoms with van der Waals surface area (Å²) >= 11 is 3.48. The van der Waals surface area contributed by atoms with Crippen molar-refractivity contribution in [1.29, 1.82) is 0 Å². The molecule has 0 N–H and O–H groups in total. The van der Waals surface area contributed by atoms with E-state index in [1.54, 1.807) is 0 Å². The van der Waals surface area contributed by atoms with E-state index < -0.39 is 0 Å². The van der Waals surface area contributed by atoms with Gasteiger partial charge in [-0.3, -0.25) is 4.39 Å². The van der Waals surface area contributed by atoms with E-state index in [2.05, 4.69) is 22.9 Å². The molecule has 0 aromatic heterocycles. The Kier molecular flexibility index (Phi) is 3.91. The Morgan fingerprint density at radius 3 is 2.69 bits per heavy atom. The van der Waals surface area contributed by atoms with Crippen LogP contribution in [0.2, 0.25) is 0 Å². The zero-order chi connectivity index (χ0) is 9.84. The molecule has 0 nitrogen and oxygen atoms in total. The third kappa shape index (κ3) is 2.31. The fraction of sp³-hybridized carbons (Fsp3) is 0.455. The van der Waals surface area contributed by atoms with Gasteiger partial charge in [-0.15, -0.1) is 0 Å². The number of halogens is 2. The summed E-state index contributed by atoms with van der Waals surface area (Å²) in [6, 6.07) is 5.98. The van der Waals surface area contributed by atoms with Gasteiger partial charge in [0, 0.05) is 10.4 Å². The molecule has 0 radical (unpaired) electrons. The Morgan fingerprint density at radius 1 is 1.46 bits per heavy atom. The lowest BCUT2D eigenvalue weighted by Gasteiger charge is -2.13. The van der Waals surface area contributed by atoms with Crippen molar-refractivity contribution in [1.82, 2.24) is 0 Å². The van der Waals surface area contributed by atoms with Gasteiger partial charge in [0.15, 0.2) is 0 Å². The summed E-state index contributed by atoms with van der Waals surface area (Å²) < 4.78 is 13.6. The Morgan fingerprint density at radius 2 is 2.15 bits per heavy atom. The molecule has 0 saturated heterocycles. The van der Waals surface area contributed by atoms with Crippen LogP contribution in [0.4, 0.5) is 4.39 Å². The largest absolute Gasteiger partial charge is 0.250 e. The molecule has 0 saturated carbocycles. The quantitative estimate of drug-likeness (QED) is 0.752. The van der Waals surface area contributed by atoms with Crippen molar-refractivity contribution in [2.45, 2.75) is 26.2 Å². The van der Waals surface area contributed by atoms with Crippen molar-refractivity contribution >= 4 is 15.9 Å². The second-order valence-electron chi connectivity index (χ2n) is 3.22. The zero-order valence-corrected chi connectivity index (χ0v) is 9.57. The molecule has 1 aromatic carbocycles. The van der Waals surface area contributed by atoms with Crippen molar-refractivity contribution in [3.8, 4) is 0 Å². The van der Waals surface area contributed by atoms with E-state index in [0.29, 0.717) is 0 Å². The number of hydrogen-bond donors (Lipinski definition) is 0. The zero-order valence-electron chi connectivity index (χ0n) is 7.98. The highest BCUT2D eigenvalue weighted by Crippen LogP contribution is 2.27. The van der Waals surface area contributed by atoms with E-state index in [1.807, 2.05) is 25.1 Å². The molecule has 1 rings (SSSR count). The molecule has 0 spiro atoms. The van der Waals surface area contributed by atoms with Crippen molar-refractivity contribution in [2.24, 2.45) is 0 Å². The topological polar surface area (TPSA) is 0 Å². The van der Waals surface area contributed by atoms with Crippen LogP contribution in [-0.2, 0) is 6.42 Å². The first-order valence-corrected chi connectivity index (χ1v) is 5.33. The van der Waals surface area contributed by atoms with Crippen LogP contribution in [0.15, 0.2) is 22.7 Å². The SMILES string of the molecule is CCc1c(Br)cccc1C(C)CF. The fourth-order valence-electron chi connectivity index (χ4n) is 1.49. The van der Waals surface area contributed by atoms with Crippen LogP contribution < -0.4 is 0 Å². The van der Waals surface area contributed by atoms with Gasteiger partial charge in [0.25, 0.3) is 0 Å². The second kappa shape index (κ2) is 4.75. The van der Waals surface area contributed by atoms with E-state index in [1.165, 1.54) is 5.56 Å². The van der Waals surface area contributed by atoms with Crippen LogP contribution in [-0.4, -0.2) is 6.67 Å². The van der Waals surface area contributed by atoms with Gasteiger partial charge in [-0.1, -0.05) is 41.9 Å². The standard InChI is InChI=1S/C11H14BrF/c1-3-9-10(8(2)7-13)5-4-6-11(9)12/h4-6,8H,3,7H2,1-2H3. The fourth-order valence-corrected chi connectivity index (χ4v) is 2.16. The molecular weight excluding hydrogens is 231 g/mol. The maximum Gasteiger partial charge on any atom is 0.0960 e. The molecule has 13 heavy (non-hydrogen) atoms. The maximum absolute atomic E-state index is 12.5. The number of hydrogen-bond acceptors (Lipinski definition) is 0. The lowest BCUT2D eigenvalue weighted by Crippen LogP contribution is -2.00. The summed E-state index contributed by atoms with van der Waals surface area (Å²) in [4.78, 5) is 0. The van der Waals surface area contributed by atoms with E-state index in [9.17, 15) is 4.39 Å². The minimum atomic E-state index is -0.288. The summed E-state index contributed by atoms with van der Waals surface area (Å²) in [7, 11) is 0. The molecule has 72 valence electrons. The lowest BCUT2D eigenvalue weighted by molar-refractivity contribution is 0.446. The van der Waals surface area contributed by atoms with E-state index in [0.717, 1.165) is 16.5 Å². The molecule has 1 atom stereocenters. The first-order chi connectivity index (χ1) is 6.20. The van der Waals surface area contributed by atoms with E-state index >= 15 is 0 Å². The number of benzene rings is 1. The highest BCUT2D eigenvalue weighted by atomic mass is 79.9. The van der Waals surface area contributed by atoms with E-state index in [4.69, 9.17) is 0 Å². The van der Waals surface area contributed by atoms with Crippen LogP contribution in [0.1, 0.15) is 30.9 Å². The van der Waals surface area contributed by atoms with Gasteiger partial charge in [0.2, 0.25) is 0 Å². The Hall–Kier alpha value is -0.370. The Labute approximate surface area is 87.3 Å². The van der Waals surface area contributed by atoms with Crippen LogP contribution >= 0.6 is 15.9 Å². The van der Waals surface area contributed by atoms with Crippen molar-refractivity contribution in [3.05, 3.63) is 33.8 Å². The van der Waals surface area contributed by atoms with Gasteiger partial charge in [-0.2, -0.15) is 0 Å². The van der Waals surface area contributed by atoms with Gasteiger partial charge in [-0.25, -0.2) is 0 Å². The molecule has 2 heteroatoms. The molecular formula is C11H14BrF. The smallest absolute Gasteiger partial charge is 0.0960 e. The molecule has 0 heterocycles. The van der Waals surface area contributed by atoms with Crippen LogP contribution in [0.25, 0.3) is 0 Å². The van der Waals surface area contributed by atoms with E-state index in [-0.39, 0.29) is 12.6 Å². The van der Waals surface area contributed by atoms with Gasteiger partial charge < -0.3 is 0 Å². The molecule has 0 aliphatic rings. The minimum absolute atomic E-state index is 0.00690. The monoisotopic (exact) mass is 244 g/mol. The molecule has 0 fully saturated rings. The van der Waals surface area contributed by atoms with Crippen LogP contribution in [0.3, 0.4) is 0 Å². The molecule has 1 aromatic rings.